The molecule has 4 N–H and O–H groups in total. The van der Waals surface area contributed by atoms with Crippen molar-refractivity contribution in [3.8, 4) is 11.5 Å². The molecule has 1 heterocycles. The zero-order valence-corrected chi connectivity index (χ0v) is 17.1. The van der Waals surface area contributed by atoms with Gasteiger partial charge in [-0.1, -0.05) is 30.3 Å². The number of nitrogens with two attached hydrogens (primary N) is 1. The van der Waals surface area contributed by atoms with Gasteiger partial charge in [0.1, 0.15) is 15.7 Å². The van der Waals surface area contributed by atoms with Crippen LogP contribution in [0.15, 0.2) is 81.3 Å². The van der Waals surface area contributed by atoms with Crippen LogP contribution < -0.4 is 15.8 Å². The summed E-state index contributed by atoms with van der Waals surface area (Å²) in [6.45, 7) is -0.135. The molecule has 152 valence electrons. The van der Waals surface area contributed by atoms with Crippen LogP contribution in [0.5, 0.6) is 11.5 Å². The van der Waals surface area contributed by atoms with Crippen molar-refractivity contribution in [1.82, 2.24) is 0 Å². The van der Waals surface area contributed by atoms with Crippen LogP contribution in [-0.2, 0) is 9.84 Å². The molecule has 2 aromatic carbocycles. The first-order valence-corrected chi connectivity index (χ1v) is 11.3. The molecular weight excluding hydrogens is 410 g/mol. The van der Waals surface area contributed by atoms with E-state index < -0.39 is 21.7 Å². The maximum Gasteiger partial charge on any atom is 0.193 e. The maximum atomic E-state index is 12.2. The van der Waals surface area contributed by atoms with Crippen molar-refractivity contribution in [3.05, 3.63) is 72.1 Å². The summed E-state index contributed by atoms with van der Waals surface area (Å²) < 4.78 is 30.3. The fraction of sp³-hybridized carbons (Fsp3) is 0.150. The van der Waals surface area contributed by atoms with Gasteiger partial charge in [0.25, 0.3) is 0 Å². The summed E-state index contributed by atoms with van der Waals surface area (Å²) in [6.07, 6.45) is -1.16. The number of anilines is 1. The summed E-state index contributed by atoms with van der Waals surface area (Å²) in [5.41, 5.74) is 6.51. The second-order valence-corrected chi connectivity index (χ2v) is 9.37. The van der Waals surface area contributed by atoms with E-state index in [4.69, 9.17) is 10.5 Å². The topological polar surface area (TPSA) is 114 Å². The Balaban J connectivity index is 1.56. The summed E-state index contributed by atoms with van der Waals surface area (Å²) in [4.78, 5) is 4.03. The normalized spacial score (nSPS) is 13.1. The quantitative estimate of drug-likeness (QED) is 0.373. The highest BCUT2D eigenvalue weighted by Crippen LogP contribution is 2.23. The lowest BCUT2D eigenvalue weighted by Crippen LogP contribution is -2.28. The molecule has 0 saturated carbocycles. The van der Waals surface area contributed by atoms with Crippen LogP contribution in [0.4, 0.5) is 5.69 Å². The molecule has 0 aliphatic rings. The van der Waals surface area contributed by atoms with Crippen molar-refractivity contribution < 1.29 is 18.3 Å². The number of thiophene rings is 1. The van der Waals surface area contributed by atoms with Crippen LogP contribution in [0, 0.1) is 0 Å². The molecule has 3 aromatic rings. The van der Waals surface area contributed by atoms with Gasteiger partial charge in [0.05, 0.1) is 18.4 Å². The minimum atomic E-state index is -3.54. The molecule has 0 radical (unpaired) electrons. The monoisotopic (exact) mass is 431 g/mol. The standard InChI is InChI=1S/C20H21N3O4S2/c21-20(22-13-16(24)14-29(25,26)19-10-5-11-28-19)23-15-6-4-9-18(12-15)27-17-7-2-1-3-8-17/h1-12,16,24H,13-14H2,(H3,21,22,23). The number of aliphatic hydroxyl groups excluding tert-OH is 1. The lowest BCUT2D eigenvalue weighted by molar-refractivity contribution is 0.206. The van der Waals surface area contributed by atoms with Gasteiger partial charge in [0.2, 0.25) is 0 Å². The van der Waals surface area contributed by atoms with Crippen LogP contribution >= 0.6 is 11.3 Å². The first kappa shape index (κ1) is 20.8. The van der Waals surface area contributed by atoms with Gasteiger partial charge in [-0.2, -0.15) is 0 Å². The Morgan fingerprint density at radius 3 is 2.59 bits per heavy atom. The number of aliphatic imine (C=N–C) groups is 1. The molecule has 0 aliphatic carbocycles. The Kier molecular flexibility index (Phi) is 6.86. The van der Waals surface area contributed by atoms with E-state index in [1.54, 1.807) is 29.6 Å². The van der Waals surface area contributed by atoms with Crippen molar-refractivity contribution in [2.24, 2.45) is 10.7 Å². The lowest BCUT2D eigenvalue weighted by Gasteiger charge is -2.11. The molecule has 0 saturated heterocycles. The van der Waals surface area contributed by atoms with E-state index in [9.17, 15) is 13.5 Å². The SMILES string of the molecule is NC(=NCC(O)CS(=O)(=O)c1cccs1)Nc1cccc(Oc2ccccc2)c1. The number of rotatable bonds is 8. The lowest BCUT2D eigenvalue weighted by atomic mass is 10.3. The number of hydrogen-bond acceptors (Lipinski definition) is 6. The number of nitrogens with zero attached hydrogens (tertiary/aromatic N) is 1. The van der Waals surface area contributed by atoms with E-state index in [0.717, 1.165) is 11.3 Å². The summed E-state index contributed by atoms with van der Waals surface area (Å²) in [5.74, 6) is 0.983. The molecule has 0 spiro atoms. The zero-order chi connectivity index (χ0) is 20.7. The maximum absolute atomic E-state index is 12.2. The zero-order valence-electron chi connectivity index (χ0n) is 15.4. The van der Waals surface area contributed by atoms with Crippen molar-refractivity contribution in [3.63, 3.8) is 0 Å². The summed E-state index contributed by atoms with van der Waals surface area (Å²) in [7, 11) is -3.54. The largest absolute Gasteiger partial charge is 0.457 e. The summed E-state index contributed by atoms with van der Waals surface area (Å²) >= 11 is 1.12. The van der Waals surface area contributed by atoms with Crippen molar-refractivity contribution >= 4 is 32.8 Å². The Hall–Kier alpha value is -2.88. The number of para-hydroxylation sites is 1. The fourth-order valence-electron chi connectivity index (χ4n) is 2.48. The van der Waals surface area contributed by atoms with Crippen molar-refractivity contribution in [1.29, 1.82) is 0 Å². The van der Waals surface area contributed by atoms with Gasteiger partial charge >= 0.3 is 0 Å². The minimum absolute atomic E-state index is 0.0643. The van der Waals surface area contributed by atoms with Gasteiger partial charge in [-0.25, -0.2) is 8.42 Å². The molecule has 0 amide bonds. The minimum Gasteiger partial charge on any atom is -0.457 e. The molecule has 1 unspecified atom stereocenters. The molecular formula is C20H21N3O4S2. The predicted molar refractivity (Wildman–Crippen MR) is 115 cm³/mol. The average molecular weight is 432 g/mol. The summed E-state index contributed by atoms with van der Waals surface area (Å²) in [6, 6.07) is 19.7. The van der Waals surface area contributed by atoms with Crippen LogP contribution in [0.25, 0.3) is 0 Å². The number of ether oxygens (including phenoxy) is 1. The Morgan fingerprint density at radius 1 is 1.10 bits per heavy atom. The predicted octanol–water partition coefficient (Wildman–Crippen LogP) is 3.10. The number of guanidine groups is 1. The third-order valence-corrected chi connectivity index (χ3v) is 7.06. The van der Waals surface area contributed by atoms with Gasteiger partial charge in [-0.3, -0.25) is 4.99 Å². The second-order valence-electron chi connectivity index (χ2n) is 6.16. The van der Waals surface area contributed by atoms with E-state index in [1.807, 2.05) is 36.4 Å². The number of nitrogens with one attached hydrogen (secondary N) is 1. The van der Waals surface area contributed by atoms with Gasteiger partial charge < -0.3 is 20.9 Å². The first-order chi connectivity index (χ1) is 13.9. The third kappa shape index (κ3) is 6.31. The smallest absolute Gasteiger partial charge is 0.193 e. The van der Waals surface area contributed by atoms with Crippen molar-refractivity contribution in [2.75, 3.05) is 17.6 Å². The second kappa shape index (κ2) is 9.55. The third-order valence-electron chi connectivity index (χ3n) is 3.77. The van der Waals surface area contributed by atoms with E-state index >= 15 is 0 Å². The van der Waals surface area contributed by atoms with Gasteiger partial charge in [0.15, 0.2) is 15.8 Å². The highest BCUT2D eigenvalue weighted by atomic mass is 32.2. The van der Waals surface area contributed by atoms with Crippen LogP contribution in [-0.4, -0.2) is 37.9 Å². The van der Waals surface area contributed by atoms with E-state index in [2.05, 4.69) is 10.3 Å². The molecule has 3 rings (SSSR count). The highest BCUT2D eigenvalue weighted by molar-refractivity contribution is 7.93. The van der Waals surface area contributed by atoms with Gasteiger partial charge in [-0.15, -0.1) is 11.3 Å². The summed E-state index contributed by atoms with van der Waals surface area (Å²) in [5, 5.41) is 14.6. The highest BCUT2D eigenvalue weighted by Gasteiger charge is 2.20. The molecule has 29 heavy (non-hydrogen) atoms. The molecule has 0 aliphatic heterocycles. The van der Waals surface area contributed by atoms with Crippen LogP contribution in [0.3, 0.4) is 0 Å². The van der Waals surface area contributed by atoms with Gasteiger partial charge in [0, 0.05) is 11.8 Å². The Labute approximate surface area is 173 Å². The molecule has 7 nitrogen and oxygen atoms in total. The molecule has 9 heteroatoms. The fourth-order valence-corrected chi connectivity index (χ4v) is 4.95. The van der Waals surface area contributed by atoms with Crippen LogP contribution in [0.2, 0.25) is 0 Å². The Morgan fingerprint density at radius 2 is 1.86 bits per heavy atom. The molecule has 0 bridgehead atoms. The van der Waals surface area contributed by atoms with E-state index in [-0.39, 0.29) is 16.7 Å². The first-order valence-electron chi connectivity index (χ1n) is 8.76. The molecule has 0 fully saturated rings. The van der Waals surface area contributed by atoms with E-state index in [0.29, 0.717) is 17.2 Å². The number of benzene rings is 2. The Bertz CT molecular complexity index is 1050. The van der Waals surface area contributed by atoms with E-state index in [1.165, 1.54) is 6.07 Å². The number of sulfone groups is 1. The number of hydrogen-bond donors (Lipinski definition) is 3. The number of aliphatic hydroxyl groups is 1. The average Bonchev–Trinajstić information content (AvgIpc) is 3.23. The van der Waals surface area contributed by atoms with Crippen LogP contribution in [0.1, 0.15) is 0 Å². The van der Waals surface area contributed by atoms with Gasteiger partial charge in [-0.05, 0) is 35.7 Å². The van der Waals surface area contributed by atoms with Crippen molar-refractivity contribution in [2.45, 2.75) is 10.3 Å². The molecule has 1 atom stereocenters. The molecule has 1 aromatic heterocycles.